The average Bonchev–Trinajstić information content (AvgIpc) is 1.85. The molecule has 0 spiro atoms. The van der Waals surface area contributed by atoms with E-state index >= 15 is 0 Å². The molecule has 0 N–H and O–H groups in total. The molecule has 0 fully saturated rings. The van der Waals surface area contributed by atoms with Gasteiger partial charge in [-0.05, 0) is 40.5 Å². The molecule has 0 heterocycles. The van der Waals surface area contributed by atoms with Crippen LogP contribution in [-0.4, -0.2) is 23.0 Å². The average molecular weight is 171 g/mol. The van der Waals surface area contributed by atoms with Gasteiger partial charge in [-0.2, -0.15) is 0 Å². The van der Waals surface area contributed by atoms with Gasteiger partial charge in [-0.15, -0.1) is 0 Å². The molecule has 0 aromatic carbocycles. The third-order valence-corrected chi connectivity index (χ3v) is 2.63. The maximum absolute atomic E-state index is 2.57. The van der Waals surface area contributed by atoms with Crippen LogP contribution in [0.4, 0.5) is 0 Å². The van der Waals surface area contributed by atoms with Gasteiger partial charge in [0.25, 0.3) is 0 Å². The van der Waals surface area contributed by atoms with Crippen molar-refractivity contribution in [3.63, 3.8) is 0 Å². The summed E-state index contributed by atoms with van der Waals surface area (Å²) in [6.07, 6.45) is 0. The predicted octanol–water partition coefficient (Wildman–Crippen LogP) is 3.15. The van der Waals surface area contributed by atoms with Crippen LogP contribution in [0.5, 0.6) is 0 Å². The van der Waals surface area contributed by atoms with Crippen LogP contribution in [0.15, 0.2) is 0 Å². The Hall–Kier alpha value is -0.0400. The molecule has 0 aromatic heterocycles. The molecule has 0 aliphatic carbocycles. The Kier molecular flexibility index (Phi) is 4.84. The van der Waals surface area contributed by atoms with Crippen molar-refractivity contribution in [3.05, 3.63) is 0 Å². The summed E-state index contributed by atoms with van der Waals surface area (Å²) in [4.78, 5) is 2.57. The van der Waals surface area contributed by atoms with Gasteiger partial charge in [-0.1, -0.05) is 13.8 Å². The fourth-order valence-corrected chi connectivity index (χ4v) is 1.88. The van der Waals surface area contributed by atoms with Gasteiger partial charge in [-0.25, -0.2) is 0 Å². The molecular formula is C11H25N. The zero-order valence-electron chi connectivity index (χ0n) is 9.76. The van der Waals surface area contributed by atoms with Crippen molar-refractivity contribution in [1.29, 1.82) is 0 Å². The molecule has 0 rings (SSSR count). The van der Waals surface area contributed by atoms with E-state index in [-0.39, 0.29) is 0 Å². The van der Waals surface area contributed by atoms with Gasteiger partial charge in [0, 0.05) is 18.1 Å². The largest absolute Gasteiger partial charge is 0.296 e. The number of hydrogen-bond acceptors (Lipinski definition) is 1. The van der Waals surface area contributed by atoms with Crippen molar-refractivity contribution < 1.29 is 0 Å². The molecule has 1 nitrogen and oxygen atoms in total. The zero-order chi connectivity index (χ0) is 9.89. The normalized spacial score (nSPS) is 15.2. The Balaban J connectivity index is 4.30. The van der Waals surface area contributed by atoms with Crippen LogP contribution >= 0.6 is 0 Å². The molecule has 0 aliphatic heterocycles. The Bertz CT molecular complexity index is 108. The summed E-state index contributed by atoms with van der Waals surface area (Å²) in [5.41, 5.74) is 0. The second-order valence-corrected chi connectivity index (χ2v) is 4.62. The Labute approximate surface area is 78.1 Å². The van der Waals surface area contributed by atoms with E-state index < -0.39 is 0 Å². The molecule has 1 atom stereocenters. The summed E-state index contributed by atoms with van der Waals surface area (Å²) in [6.45, 7) is 16.0. The predicted molar refractivity (Wildman–Crippen MR) is 56.4 cm³/mol. The fraction of sp³-hybridized carbons (Fsp3) is 1.00. The first-order valence-electron chi connectivity index (χ1n) is 5.15. The molecule has 0 radical (unpaired) electrons. The molecule has 0 amide bonds. The lowest BCUT2D eigenvalue weighted by Gasteiger charge is -2.38. The van der Waals surface area contributed by atoms with E-state index in [1.165, 1.54) is 0 Å². The summed E-state index contributed by atoms with van der Waals surface area (Å²) in [7, 11) is 0. The molecule has 1 heteroatoms. The standard InChI is InChI=1S/C11H25N/c1-8(2)11(7)12(9(3)4)10(5)6/h8-11H,1-7H3/t11-/m0/s1. The highest BCUT2D eigenvalue weighted by molar-refractivity contribution is 4.76. The molecule has 0 aliphatic rings. The summed E-state index contributed by atoms with van der Waals surface area (Å²) in [5.74, 6) is 0.745. The zero-order valence-corrected chi connectivity index (χ0v) is 9.76. The lowest BCUT2D eigenvalue weighted by Crippen LogP contribution is -2.45. The Morgan fingerprint density at radius 1 is 0.667 bits per heavy atom. The highest BCUT2D eigenvalue weighted by atomic mass is 15.2. The van der Waals surface area contributed by atoms with Gasteiger partial charge in [0.05, 0.1) is 0 Å². The van der Waals surface area contributed by atoms with Gasteiger partial charge in [0.1, 0.15) is 0 Å². The monoisotopic (exact) mass is 171 g/mol. The van der Waals surface area contributed by atoms with E-state index in [2.05, 4.69) is 53.4 Å². The lowest BCUT2D eigenvalue weighted by atomic mass is 10.0. The maximum Gasteiger partial charge on any atom is 0.00953 e. The van der Waals surface area contributed by atoms with Crippen LogP contribution in [-0.2, 0) is 0 Å². The Morgan fingerprint density at radius 2 is 1.00 bits per heavy atom. The van der Waals surface area contributed by atoms with Gasteiger partial charge >= 0.3 is 0 Å². The highest BCUT2D eigenvalue weighted by Crippen LogP contribution is 2.16. The van der Waals surface area contributed by atoms with Crippen LogP contribution in [0.25, 0.3) is 0 Å². The van der Waals surface area contributed by atoms with Crippen LogP contribution in [0.3, 0.4) is 0 Å². The van der Waals surface area contributed by atoms with E-state index in [1.54, 1.807) is 0 Å². The van der Waals surface area contributed by atoms with Crippen LogP contribution in [0.2, 0.25) is 0 Å². The van der Waals surface area contributed by atoms with E-state index in [4.69, 9.17) is 0 Å². The smallest absolute Gasteiger partial charge is 0.00953 e. The number of nitrogens with zero attached hydrogens (tertiary/aromatic N) is 1. The molecule has 0 saturated carbocycles. The minimum atomic E-state index is 0.655. The second kappa shape index (κ2) is 4.86. The van der Waals surface area contributed by atoms with Crippen LogP contribution < -0.4 is 0 Å². The molecule has 74 valence electrons. The third-order valence-electron chi connectivity index (χ3n) is 2.63. The lowest BCUT2D eigenvalue weighted by molar-refractivity contribution is 0.0940. The van der Waals surface area contributed by atoms with E-state index in [9.17, 15) is 0 Å². The quantitative estimate of drug-likeness (QED) is 0.628. The van der Waals surface area contributed by atoms with E-state index in [1.807, 2.05) is 0 Å². The van der Waals surface area contributed by atoms with Gasteiger partial charge in [-0.3, -0.25) is 4.90 Å². The summed E-state index contributed by atoms with van der Waals surface area (Å²) in [5, 5.41) is 0. The van der Waals surface area contributed by atoms with Crippen LogP contribution in [0.1, 0.15) is 48.5 Å². The van der Waals surface area contributed by atoms with Crippen molar-refractivity contribution >= 4 is 0 Å². The molecule has 0 unspecified atom stereocenters. The van der Waals surface area contributed by atoms with Crippen molar-refractivity contribution in [2.24, 2.45) is 5.92 Å². The molecule has 12 heavy (non-hydrogen) atoms. The van der Waals surface area contributed by atoms with E-state index in [0.29, 0.717) is 18.1 Å². The molecule has 0 aromatic rings. The van der Waals surface area contributed by atoms with Crippen molar-refractivity contribution in [2.75, 3.05) is 0 Å². The second-order valence-electron chi connectivity index (χ2n) is 4.62. The maximum atomic E-state index is 2.57. The van der Waals surface area contributed by atoms with Crippen molar-refractivity contribution in [2.45, 2.75) is 66.6 Å². The SMILES string of the molecule is CC(C)[C@H](C)N(C(C)C)C(C)C. The summed E-state index contributed by atoms with van der Waals surface area (Å²) in [6, 6.07) is 2.00. The first-order chi connectivity index (χ1) is 5.37. The van der Waals surface area contributed by atoms with Gasteiger partial charge in [0.2, 0.25) is 0 Å². The highest BCUT2D eigenvalue weighted by Gasteiger charge is 2.21. The summed E-state index contributed by atoms with van der Waals surface area (Å²) >= 11 is 0. The van der Waals surface area contributed by atoms with Crippen LogP contribution in [0, 0.1) is 5.92 Å². The minimum Gasteiger partial charge on any atom is -0.296 e. The summed E-state index contributed by atoms with van der Waals surface area (Å²) < 4.78 is 0. The first-order valence-corrected chi connectivity index (χ1v) is 5.15. The topological polar surface area (TPSA) is 3.24 Å². The Morgan fingerprint density at radius 3 is 1.08 bits per heavy atom. The molecule has 0 bridgehead atoms. The molecular weight excluding hydrogens is 146 g/mol. The van der Waals surface area contributed by atoms with Gasteiger partial charge < -0.3 is 0 Å². The fourth-order valence-electron chi connectivity index (χ4n) is 1.88. The number of hydrogen-bond donors (Lipinski definition) is 0. The minimum absolute atomic E-state index is 0.655. The van der Waals surface area contributed by atoms with Gasteiger partial charge in [0.15, 0.2) is 0 Å². The number of rotatable bonds is 4. The van der Waals surface area contributed by atoms with Crippen molar-refractivity contribution in [1.82, 2.24) is 4.90 Å². The molecule has 0 saturated heterocycles. The first kappa shape index (κ1) is 12.0. The van der Waals surface area contributed by atoms with Crippen molar-refractivity contribution in [3.8, 4) is 0 Å². The third kappa shape index (κ3) is 3.14. The van der Waals surface area contributed by atoms with E-state index in [0.717, 1.165) is 5.92 Å².